The second kappa shape index (κ2) is 13.9. The van der Waals surface area contributed by atoms with Gasteiger partial charge < -0.3 is 10.0 Å². The van der Waals surface area contributed by atoms with E-state index in [1.54, 1.807) is 0 Å². The molecule has 1 saturated heterocycles. The number of ketones is 1. The molecule has 1 N–H and O–H groups in total. The number of carbonyl (C=O) groups is 3. The predicted molar refractivity (Wildman–Crippen MR) is 132 cm³/mol. The number of thiol groups is 1. The number of nitrogens with zero attached hydrogens (tertiary/aromatic N) is 1. The van der Waals surface area contributed by atoms with E-state index in [1.165, 1.54) is 31.8 Å². The molecule has 1 aliphatic heterocycles. The van der Waals surface area contributed by atoms with Gasteiger partial charge in [0.25, 0.3) is 0 Å². The molecule has 5 nitrogen and oxygen atoms in total. The molecule has 2 aliphatic rings. The predicted octanol–water partition coefficient (Wildman–Crippen LogP) is 5.46. The standard InChI is InChI=1S/C26H41NO4S/c1-3-20(11-7-17-32)10-6-16-27-24(18-25(27)29)22-12-4-8-21(14-15-22)9-5-13-23(19(2)28)26(30)31/h3,6,10,21-24,32H,4-5,7-9,11-18H2,1-2H3,(H,30,31). The molecule has 180 valence electrons. The summed E-state index contributed by atoms with van der Waals surface area (Å²) in [6, 6.07) is 0.367. The fourth-order valence-corrected chi connectivity index (χ4v) is 5.41. The zero-order valence-electron chi connectivity index (χ0n) is 19.8. The topological polar surface area (TPSA) is 74.7 Å². The molecule has 1 amide bonds. The van der Waals surface area contributed by atoms with E-state index in [9.17, 15) is 19.5 Å². The van der Waals surface area contributed by atoms with Crippen LogP contribution in [0.3, 0.4) is 0 Å². The molecule has 1 saturated carbocycles. The molecular formula is C26H41NO4S. The number of carbonyl (C=O) groups excluding carboxylic acids is 2. The van der Waals surface area contributed by atoms with Gasteiger partial charge in [0.2, 0.25) is 5.91 Å². The smallest absolute Gasteiger partial charge is 0.314 e. The highest BCUT2D eigenvalue weighted by atomic mass is 32.1. The molecular weight excluding hydrogens is 422 g/mol. The average Bonchev–Trinajstić information content (AvgIpc) is 2.99. The van der Waals surface area contributed by atoms with Gasteiger partial charge in [0.1, 0.15) is 11.7 Å². The number of hydrogen-bond donors (Lipinski definition) is 2. The van der Waals surface area contributed by atoms with Crippen LogP contribution in [-0.4, -0.2) is 46.0 Å². The van der Waals surface area contributed by atoms with E-state index in [1.807, 2.05) is 0 Å². The molecule has 0 aromatic heterocycles. The number of amides is 1. The highest BCUT2D eigenvalue weighted by Gasteiger charge is 2.40. The van der Waals surface area contributed by atoms with Crippen LogP contribution in [-0.2, 0) is 14.4 Å². The fraction of sp³-hybridized carbons (Fsp3) is 0.731. The monoisotopic (exact) mass is 463 g/mol. The molecule has 2 rings (SSSR count). The van der Waals surface area contributed by atoms with Crippen LogP contribution in [0.15, 0.2) is 23.8 Å². The van der Waals surface area contributed by atoms with Gasteiger partial charge in [-0.2, -0.15) is 12.6 Å². The van der Waals surface area contributed by atoms with Gasteiger partial charge in [0.15, 0.2) is 0 Å². The van der Waals surface area contributed by atoms with E-state index in [-0.39, 0.29) is 11.7 Å². The van der Waals surface area contributed by atoms with Gasteiger partial charge in [-0.1, -0.05) is 55.9 Å². The van der Waals surface area contributed by atoms with Crippen LogP contribution in [0.4, 0.5) is 0 Å². The van der Waals surface area contributed by atoms with Gasteiger partial charge in [-0.05, 0) is 63.5 Å². The Bertz CT molecular complexity index is 688. The maximum Gasteiger partial charge on any atom is 0.314 e. The molecule has 6 heteroatoms. The molecule has 32 heavy (non-hydrogen) atoms. The number of β-lactam (4-membered cyclic amide) rings is 1. The van der Waals surface area contributed by atoms with Gasteiger partial charge in [0.05, 0.1) is 0 Å². The molecule has 0 bridgehead atoms. The Hall–Kier alpha value is -1.56. The van der Waals surface area contributed by atoms with Gasteiger partial charge in [-0.3, -0.25) is 14.4 Å². The number of rotatable bonds is 13. The summed E-state index contributed by atoms with van der Waals surface area (Å²) in [5.74, 6) is 0.238. The summed E-state index contributed by atoms with van der Waals surface area (Å²) in [4.78, 5) is 37.0. The summed E-state index contributed by atoms with van der Waals surface area (Å²) < 4.78 is 0. The number of Topliss-reactive ketones (excluding diaryl/α,β-unsaturated/α-hetero) is 1. The minimum Gasteiger partial charge on any atom is -0.481 e. The maximum absolute atomic E-state index is 12.3. The fourth-order valence-electron chi connectivity index (χ4n) is 5.25. The van der Waals surface area contributed by atoms with Crippen LogP contribution in [0.5, 0.6) is 0 Å². The van der Waals surface area contributed by atoms with Gasteiger partial charge in [0, 0.05) is 19.0 Å². The Kier molecular flexibility index (Phi) is 11.6. The molecule has 0 aromatic rings. The molecule has 4 atom stereocenters. The van der Waals surface area contributed by atoms with E-state index in [0.717, 1.165) is 44.3 Å². The van der Waals surface area contributed by atoms with E-state index >= 15 is 0 Å². The lowest BCUT2D eigenvalue weighted by Crippen LogP contribution is -2.55. The molecule has 4 unspecified atom stereocenters. The number of allylic oxidation sites excluding steroid dienone is 3. The van der Waals surface area contributed by atoms with E-state index in [0.29, 0.717) is 37.3 Å². The highest BCUT2D eigenvalue weighted by molar-refractivity contribution is 7.80. The van der Waals surface area contributed by atoms with Crippen molar-refractivity contribution in [1.82, 2.24) is 4.90 Å². The van der Waals surface area contributed by atoms with Crippen LogP contribution in [0.2, 0.25) is 0 Å². The first-order chi connectivity index (χ1) is 15.4. The lowest BCUT2D eigenvalue weighted by Gasteiger charge is -2.44. The summed E-state index contributed by atoms with van der Waals surface area (Å²) in [6.45, 7) is 4.13. The van der Waals surface area contributed by atoms with Crippen molar-refractivity contribution in [1.29, 1.82) is 0 Å². The molecule has 0 aromatic carbocycles. The number of likely N-dealkylation sites (tertiary alicyclic amines) is 1. The van der Waals surface area contributed by atoms with Crippen LogP contribution in [0.1, 0.15) is 84.5 Å². The summed E-state index contributed by atoms with van der Waals surface area (Å²) in [7, 11) is 0. The van der Waals surface area contributed by atoms with Crippen molar-refractivity contribution in [3.8, 4) is 0 Å². The van der Waals surface area contributed by atoms with Crippen molar-refractivity contribution >= 4 is 30.3 Å². The zero-order valence-corrected chi connectivity index (χ0v) is 20.7. The summed E-state index contributed by atoms with van der Waals surface area (Å²) >= 11 is 4.28. The largest absolute Gasteiger partial charge is 0.481 e. The first-order valence-corrected chi connectivity index (χ1v) is 13.0. The molecule has 1 aliphatic carbocycles. The molecule has 0 spiro atoms. The minimum atomic E-state index is -0.995. The van der Waals surface area contributed by atoms with Crippen molar-refractivity contribution in [3.05, 3.63) is 23.8 Å². The Morgan fingerprint density at radius 1 is 1.22 bits per heavy atom. The quantitative estimate of drug-likeness (QED) is 0.125. The minimum absolute atomic E-state index is 0.245. The third kappa shape index (κ3) is 8.09. The summed E-state index contributed by atoms with van der Waals surface area (Å²) in [5, 5.41) is 9.18. The number of carboxylic acid groups (broad SMARTS) is 1. The van der Waals surface area contributed by atoms with Crippen molar-refractivity contribution in [2.24, 2.45) is 17.8 Å². The lowest BCUT2D eigenvalue weighted by atomic mass is 9.83. The zero-order chi connectivity index (χ0) is 23.5. The van der Waals surface area contributed by atoms with Crippen molar-refractivity contribution < 1.29 is 19.5 Å². The lowest BCUT2D eigenvalue weighted by molar-refractivity contribution is -0.148. The van der Waals surface area contributed by atoms with Crippen molar-refractivity contribution in [2.75, 3.05) is 12.3 Å². The average molecular weight is 464 g/mol. The second-order valence-electron chi connectivity index (χ2n) is 9.48. The van der Waals surface area contributed by atoms with Crippen molar-refractivity contribution in [3.63, 3.8) is 0 Å². The number of aliphatic carboxylic acids is 1. The van der Waals surface area contributed by atoms with Crippen LogP contribution >= 0.6 is 12.6 Å². The third-order valence-corrected chi connectivity index (χ3v) is 7.62. The SMILES string of the molecule is CC=C(C=CCN1C(=O)CC1C1CCCC(CCCC(C(C)=O)C(=O)O)CC1)CCCS. The summed E-state index contributed by atoms with van der Waals surface area (Å²) in [5.41, 5.74) is 1.30. The number of carboxylic acids is 1. The Morgan fingerprint density at radius 2 is 2.00 bits per heavy atom. The van der Waals surface area contributed by atoms with E-state index in [2.05, 4.69) is 42.7 Å². The Labute approximate surface area is 199 Å². The summed E-state index contributed by atoms with van der Waals surface area (Å²) in [6.07, 6.45) is 17.2. The van der Waals surface area contributed by atoms with E-state index in [4.69, 9.17) is 0 Å². The number of hydrogen-bond acceptors (Lipinski definition) is 4. The van der Waals surface area contributed by atoms with Crippen LogP contribution in [0.25, 0.3) is 0 Å². The normalized spacial score (nSPS) is 25.5. The van der Waals surface area contributed by atoms with Crippen LogP contribution < -0.4 is 0 Å². The third-order valence-electron chi connectivity index (χ3n) is 7.30. The Morgan fingerprint density at radius 3 is 2.62 bits per heavy atom. The van der Waals surface area contributed by atoms with Crippen LogP contribution in [0, 0.1) is 17.8 Å². The Balaban J connectivity index is 1.79. The second-order valence-corrected chi connectivity index (χ2v) is 9.92. The van der Waals surface area contributed by atoms with E-state index < -0.39 is 11.9 Å². The molecule has 2 fully saturated rings. The van der Waals surface area contributed by atoms with Gasteiger partial charge in [-0.25, -0.2) is 0 Å². The first kappa shape index (κ1) is 26.7. The van der Waals surface area contributed by atoms with Crippen molar-refractivity contribution in [2.45, 2.75) is 90.5 Å². The van der Waals surface area contributed by atoms with Gasteiger partial charge in [-0.15, -0.1) is 0 Å². The van der Waals surface area contributed by atoms with Gasteiger partial charge >= 0.3 is 5.97 Å². The molecule has 0 radical (unpaired) electrons. The highest BCUT2D eigenvalue weighted by Crippen LogP contribution is 2.38. The maximum atomic E-state index is 12.3. The molecule has 1 heterocycles. The first-order valence-electron chi connectivity index (χ1n) is 12.3.